The van der Waals surface area contributed by atoms with Gasteiger partial charge in [0, 0.05) is 54.5 Å². The summed E-state index contributed by atoms with van der Waals surface area (Å²) in [5.74, 6) is 3.27. The third-order valence-corrected chi connectivity index (χ3v) is 6.66. The predicted octanol–water partition coefficient (Wildman–Crippen LogP) is 2.69. The van der Waals surface area contributed by atoms with E-state index < -0.39 is 0 Å². The summed E-state index contributed by atoms with van der Waals surface area (Å²) in [6.07, 6.45) is 13.2. The zero-order valence-electron chi connectivity index (χ0n) is 19.3. The number of nitrogens with zero attached hydrogens (tertiary/aromatic N) is 6. The standard InChI is InChI=1S/C24H28N10O/c35-23(19-14-34-11-1-9-26-24(34)29-19)28-17-6-4-16(5-7-17)27-13-22-25-10-8-20(31-22)30-21-12-18(32-33-21)15-2-3-15/h1,8-12,14-17,27H,2-7,13H2,(H,28,35)(H2,25,30,31,32,33). The average molecular weight is 473 g/mol. The summed E-state index contributed by atoms with van der Waals surface area (Å²) < 4.78 is 1.75. The Bertz CT molecular complexity index is 1290. The molecular weight excluding hydrogens is 444 g/mol. The molecule has 6 rings (SSSR count). The number of aromatic amines is 1. The van der Waals surface area contributed by atoms with E-state index in [9.17, 15) is 4.79 Å². The topological polar surface area (TPSA) is 138 Å². The smallest absolute Gasteiger partial charge is 0.271 e. The highest BCUT2D eigenvalue weighted by molar-refractivity contribution is 5.92. The lowest BCUT2D eigenvalue weighted by molar-refractivity contribution is 0.0919. The van der Waals surface area contributed by atoms with Gasteiger partial charge in [-0.05, 0) is 50.7 Å². The van der Waals surface area contributed by atoms with Gasteiger partial charge in [0.05, 0.1) is 6.54 Å². The molecule has 11 nitrogen and oxygen atoms in total. The summed E-state index contributed by atoms with van der Waals surface area (Å²) >= 11 is 0. The molecule has 180 valence electrons. The quantitative estimate of drug-likeness (QED) is 0.307. The van der Waals surface area contributed by atoms with Crippen LogP contribution in [0, 0.1) is 0 Å². The van der Waals surface area contributed by atoms with E-state index >= 15 is 0 Å². The summed E-state index contributed by atoms with van der Waals surface area (Å²) in [6.45, 7) is 0.597. The van der Waals surface area contributed by atoms with Crippen LogP contribution in [0.3, 0.4) is 0 Å². The number of carbonyl (C=O) groups is 1. The number of carbonyl (C=O) groups excluding carboxylic acids is 1. The van der Waals surface area contributed by atoms with Gasteiger partial charge in [-0.3, -0.25) is 14.3 Å². The first-order valence-corrected chi connectivity index (χ1v) is 12.2. The molecule has 4 heterocycles. The third kappa shape index (κ3) is 5.14. The lowest BCUT2D eigenvalue weighted by atomic mass is 9.91. The molecule has 4 aromatic rings. The summed E-state index contributed by atoms with van der Waals surface area (Å²) in [4.78, 5) is 30.1. The third-order valence-electron chi connectivity index (χ3n) is 6.66. The van der Waals surface area contributed by atoms with Crippen LogP contribution in [0.4, 0.5) is 11.6 Å². The van der Waals surface area contributed by atoms with Crippen molar-refractivity contribution >= 4 is 23.3 Å². The minimum absolute atomic E-state index is 0.147. The summed E-state index contributed by atoms with van der Waals surface area (Å²) in [5, 5.41) is 17.4. The molecule has 0 aliphatic heterocycles. The van der Waals surface area contributed by atoms with Gasteiger partial charge in [0.1, 0.15) is 17.3 Å². The van der Waals surface area contributed by atoms with Crippen molar-refractivity contribution in [2.45, 2.75) is 63.1 Å². The van der Waals surface area contributed by atoms with Gasteiger partial charge < -0.3 is 16.0 Å². The number of fused-ring (bicyclic) bond motifs is 1. The second-order valence-electron chi connectivity index (χ2n) is 9.32. The molecule has 2 aliphatic carbocycles. The van der Waals surface area contributed by atoms with Crippen molar-refractivity contribution < 1.29 is 4.79 Å². The molecule has 35 heavy (non-hydrogen) atoms. The number of rotatable bonds is 8. The number of H-pyrrole nitrogens is 1. The van der Waals surface area contributed by atoms with Crippen molar-refractivity contribution in [2.75, 3.05) is 5.32 Å². The van der Waals surface area contributed by atoms with Gasteiger partial charge in [-0.2, -0.15) is 5.10 Å². The first-order chi connectivity index (χ1) is 17.2. The van der Waals surface area contributed by atoms with E-state index in [1.165, 1.54) is 18.5 Å². The fourth-order valence-corrected chi connectivity index (χ4v) is 4.57. The number of nitrogens with one attached hydrogen (secondary N) is 4. The van der Waals surface area contributed by atoms with Crippen molar-refractivity contribution in [1.82, 2.24) is 45.2 Å². The molecule has 0 aromatic carbocycles. The predicted molar refractivity (Wildman–Crippen MR) is 129 cm³/mol. The Morgan fingerprint density at radius 2 is 1.89 bits per heavy atom. The molecule has 0 spiro atoms. The van der Waals surface area contributed by atoms with Crippen LogP contribution in [0.2, 0.25) is 0 Å². The molecule has 0 unspecified atom stereocenters. The second-order valence-corrected chi connectivity index (χ2v) is 9.32. The molecule has 0 radical (unpaired) electrons. The highest BCUT2D eigenvalue weighted by atomic mass is 16.2. The zero-order valence-corrected chi connectivity index (χ0v) is 19.3. The Labute approximate surface area is 202 Å². The van der Waals surface area contributed by atoms with Gasteiger partial charge in [0.15, 0.2) is 5.82 Å². The van der Waals surface area contributed by atoms with Crippen molar-refractivity contribution in [3.63, 3.8) is 0 Å². The Hall–Kier alpha value is -3.86. The summed E-state index contributed by atoms with van der Waals surface area (Å²) in [5.41, 5.74) is 1.58. The van der Waals surface area contributed by atoms with Crippen LogP contribution in [0.5, 0.6) is 0 Å². The molecule has 2 aliphatic rings. The van der Waals surface area contributed by atoms with Crippen LogP contribution < -0.4 is 16.0 Å². The minimum atomic E-state index is -0.147. The Morgan fingerprint density at radius 3 is 2.71 bits per heavy atom. The largest absolute Gasteiger partial charge is 0.348 e. The van der Waals surface area contributed by atoms with Crippen LogP contribution >= 0.6 is 0 Å². The molecule has 2 fully saturated rings. The Morgan fingerprint density at radius 1 is 1.03 bits per heavy atom. The van der Waals surface area contributed by atoms with E-state index in [1.807, 2.05) is 18.3 Å². The molecule has 0 atom stereocenters. The van der Waals surface area contributed by atoms with Crippen molar-refractivity contribution in [2.24, 2.45) is 0 Å². The van der Waals surface area contributed by atoms with Crippen LogP contribution in [0.15, 0.2) is 43.0 Å². The van der Waals surface area contributed by atoms with E-state index in [-0.39, 0.29) is 11.9 Å². The van der Waals surface area contributed by atoms with Gasteiger partial charge >= 0.3 is 0 Å². The van der Waals surface area contributed by atoms with E-state index in [0.29, 0.717) is 30.0 Å². The number of imidazole rings is 1. The van der Waals surface area contributed by atoms with Crippen molar-refractivity contribution in [3.05, 3.63) is 60.2 Å². The molecule has 1 amide bonds. The van der Waals surface area contributed by atoms with Gasteiger partial charge in [0.25, 0.3) is 5.91 Å². The molecule has 0 bridgehead atoms. The lowest BCUT2D eigenvalue weighted by Crippen LogP contribution is -2.42. The van der Waals surface area contributed by atoms with Crippen LogP contribution in [0.1, 0.15) is 66.4 Å². The number of aromatic nitrogens is 7. The van der Waals surface area contributed by atoms with E-state index in [0.717, 1.165) is 43.1 Å². The normalized spacial score (nSPS) is 20.1. The van der Waals surface area contributed by atoms with Gasteiger partial charge in [-0.15, -0.1) is 0 Å². The molecule has 11 heteroatoms. The molecular formula is C24H28N10O. The van der Waals surface area contributed by atoms with Gasteiger partial charge in [-0.25, -0.2) is 19.9 Å². The molecule has 2 saturated carbocycles. The fourth-order valence-electron chi connectivity index (χ4n) is 4.57. The van der Waals surface area contributed by atoms with Crippen molar-refractivity contribution in [1.29, 1.82) is 0 Å². The van der Waals surface area contributed by atoms with Crippen molar-refractivity contribution in [3.8, 4) is 0 Å². The molecule has 0 saturated heterocycles. The van der Waals surface area contributed by atoms with E-state index in [2.05, 4.69) is 52.2 Å². The van der Waals surface area contributed by atoms with E-state index in [1.54, 1.807) is 23.0 Å². The molecule has 4 N–H and O–H groups in total. The maximum absolute atomic E-state index is 12.6. The Balaban J connectivity index is 0.966. The van der Waals surface area contributed by atoms with E-state index in [4.69, 9.17) is 0 Å². The summed E-state index contributed by atoms with van der Waals surface area (Å²) in [7, 11) is 0. The highest BCUT2D eigenvalue weighted by Crippen LogP contribution is 2.39. The molecule has 4 aromatic heterocycles. The maximum Gasteiger partial charge on any atom is 0.271 e. The SMILES string of the molecule is O=C(NC1CCC(NCc2nccc(Nc3cc(C4CC4)[nH]n3)n2)CC1)c1cn2cccnc2n1. The fraction of sp³-hybridized carbons (Fsp3) is 0.417. The second kappa shape index (κ2) is 9.41. The number of amides is 1. The number of hydrogen-bond acceptors (Lipinski definition) is 8. The summed E-state index contributed by atoms with van der Waals surface area (Å²) in [6, 6.07) is 6.24. The lowest BCUT2D eigenvalue weighted by Gasteiger charge is -2.29. The maximum atomic E-state index is 12.6. The number of anilines is 2. The van der Waals surface area contributed by atoms with Gasteiger partial charge in [-0.1, -0.05) is 0 Å². The Kier molecular flexibility index (Phi) is 5.83. The highest BCUT2D eigenvalue weighted by Gasteiger charge is 2.26. The average Bonchev–Trinajstić information content (AvgIpc) is 3.46. The first kappa shape index (κ1) is 21.7. The minimum Gasteiger partial charge on any atom is -0.348 e. The number of hydrogen-bond donors (Lipinski definition) is 4. The first-order valence-electron chi connectivity index (χ1n) is 12.2. The monoisotopic (exact) mass is 472 g/mol. The van der Waals surface area contributed by atoms with Crippen LogP contribution in [0.25, 0.3) is 5.78 Å². The zero-order chi connectivity index (χ0) is 23.6. The van der Waals surface area contributed by atoms with Crippen LogP contribution in [-0.4, -0.2) is 52.5 Å². The van der Waals surface area contributed by atoms with Gasteiger partial charge in [0.2, 0.25) is 5.78 Å². The van der Waals surface area contributed by atoms with Crippen LogP contribution in [-0.2, 0) is 6.54 Å².